The summed E-state index contributed by atoms with van der Waals surface area (Å²) >= 11 is 5.87. The van der Waals surface area contributed by atoms with Gasteiger partial charge in [0.1, 0.15) is 5.69 Å². The molecule has 0 saturated heterocycles. The molecule has 6 heteroatoms. The van der Waals surface area contributed by atoms with Crippen molar-refractivity contribution in [3.8, 4) is 0 Å². The van der Waals surface area contributed by atoms with Crippen LogP contribution < -0.4 is 5.43 Å². The lowest BCUT2D eigenvalue weighted by Crippen LogP contribution is -2.08. The molecule has 2 rings (SSSR count). The third-order valence-electron chi connectivity index (χ3n) is 2.40. The molecule has 1 N–H and O–H groups in total. The largest absolute Gasteiger partial charge is 0.298 e. The normalized spacial score (nSPS) is 10.2. The average Bonchev–Trinajstić information content (AvgIpc) is 2.76. The molecule has 1 heterocycles. The fourth-order valence-corrected chi connectivity index (χ4v) is 1.70. The molecule has 0 spiro atoms. The van der Waals surface area contributed by atoms with Crippen LogP contribution in [-0.4, -0.2) is 9.60 Å². The van der Waals surface area contributed by atoms with Crippen molar-refractivity contribution in [3.63, 3.8) is 0 Å². The van der Waals surface area contributed by atoms with Gasteiger partial charge in [-0.3, -0.25) is 20.2 Å². The van der Waals surface area contributed by atoms with Crippen molar-refractivity contribution < 1.29 is 4.92 Å². The van der Waals surface area contributed by atoms with Crippen LogP contribution in [0.2, 0.25) is 5.02 Å². The number of benzene rings is 1. The van der Waals surface area contributed by atoms with E-state index in [1.807, 2.05) is 12.1 Å². The maximum absolute atomic E-state index is 11.0. The average molecular weight is 252 g/mol. The minimum absolute atomic E-state index is 0.00815. The van der Waals surface area contributed by atoms with E-state index in [2.05, 4.69) is 5.43 Å². The summed E-state index contributed by atoms with van der Waals surface area (Å²) in [4.78, 5) is 10.6. The fraction of sp³-hybridized carbons (Fsp3) is 0.0909. The molecule has 5 nitrogen and oxygen atoms in total. The van der Waals surface area contributed by atoms with Gasteiger partial charge in [0, 0.05) is 18.0 Å². The number of nitrogens with zero attached hydrogens (tertiary/aromatic N) is 2. The molecule has 0 aliphatic rings. The summed E-state index contributed by atoms with van der Waals surface area (Å²) in [5.41, 5.74) is 3.77. The lowest BCUT2D eigenvalue weighted by atomic mass is 10.2. The SMILES string of the molecule is Cc1c(Cl)ccc(Nn2cccc2)c1[N+](=O)[O-]. The number of anilines is 1. The first kappa shape index (κ1) is 11.5. The van der Waals surface area contributed by atoms with E-state index in [0.717, 1.165) is 0 Å². The molecule has 1 aromatic carbocycles. The highest BCUT2D eigenvalue weighted by Gasteiger charge is 2.19. The van der Waals surface area contributed by atoms with Gasteiger partial charge in [-0.25, -0.2) is 0 Å². The van der Waals surface area contributed by atoms with Gasteiger partial charge in [-0.1, -0.05) is 11.6 Å². The first-order valence-corrected chi connectivity index (χ1v) is 5.31. The van der Waals surface area contributed by atoms with Crippen LogP contribution >= 0.6 is 11.6 Å². The van der Waals surface area contributed by atoms with Gasteiger partial charge in [0.05, 0.1) is 9.95 Å². The molecule has 0 radical (unpaired) electrons. The van der Waals surface area contributed by atoms with Crippen molar-refractivity contribution in [2.24, 2.45) is 0 Å². The Morgan fingerprint density at radius 3 is 2.59 bits per heavy atom. The van der Waals surface area contributed by atoms with Crippen molar-refractivity contribution in [2.75, 3.05) is 5.43 Å². The highest BCUT2D eigenvalue weighted by molar-refractivity contribution is 6.31. The maximum Gasteiger partial charge on any atom is 0.298 e. The van der Waals surface area contributed by atoms with Gasteiger partial charge < -0.3 is 0 Å². The van der Waals surface area contributed by atoms with Crippen LogP contribution in [-0.2, 0) is 0 Å². The molecule has 0 amide bonds. The molecular formula is C11H10ClN3O2. The topological polar surface area (TPSA) is 60.1 Å². The minimum atomic E-state index is -0.437. The smallest absolute Gasteiger partial charge is 0.288 e. The number of hydrogen-bond donors (Lipinski definition) is 1. The number of nitrogens with one attached hydrogen (secondary N) is 1. The zero-order valence-corrected chi connectivity index (χ0v) is 9.81. The Bertz CT molecular complexity index is 552. The lowest BCUT2D eigenvalue weighted by molar-refractivity contribution is -0.384. The molecule has 17 heavy (non-hydrogen) atoms. The van der Waals surface area contributed by atoms with Crippen molar-refractivity contribution in [1.82, 2.24) is 4.68 Å². The third-order valence-corrected chi connectivity index (χ3v) is 2.81. The first-order valence-electron chi connectivity index (χ1n) is 4.93. The predicted octanol–water partition coefficient (Wildman–Crippen LogP) is 3.23. The van der Waals surface area contributed by atoms with Gasteiger partial charge in [0.15, 0.2) is 0 Å². The Morgan fingerprint density at radius 1 is 1.35 bits per heavy atom. The minimum Gasteiger partial charge on any atom is -0.288 e. The van der Waals surface area contributed by atoms with Crippen LogP contribution in [0.5, 0.6) is 0 Å². The summed E-state index contributed by atoms with van der Waals surface area (Å²) < 4.78 is 1.63. The zero-order chi connectivity index (χ0) is 12.4. The Morgan fingerprint density at radius 2 is 2.00 bits per heavy atom. The summed E-state index contributed by atoms with van der Waals surface area (Å²) in [6.45, 7) is 1.63. The van der Waals surface area contributed by atoms with Crippen molar-refractivity contribution in [3.05, 3.63) is 57.4 Å². The van der Waals surface area contributed by atoms with Gasteiger partial charge in [-0.05, 0) is 31.2 Å². The van der Waals surface area contributed by atoms with E-state index in [4.69, 9.17) is 11.6 Å². The number of nitro benzene ring substituents is 1. The molecule has 0 aliphatic carbocycles. The molecule has 0 atom stereocenters. The van der Waals surface area contributed by atoms with E-state index in [0.29, 0.717) is 16.3 Å². The molecule has 1 aromatic heterocycles. The number of aromatic nitrogens is 1. The summed E-state index contributed by atoms with van der Waals surface area (Å²) in [6, 6.07) is 6.87. The van der Waals surface area contributed by atoms with Crippen LogP contribution in [0.4, 0.5) is 11.4 Å². The molecule has 0 saturated carbocycles. The Hall–Kier alpha value is -2.01. The van der Waals surface area contributed by atoms with Crippen LogP contribution in [0.25, 0.3) is 0 Å². The zero-order valence-electron chi connectivity index (χ0n) is 9.05. The van der Waals surface area contributed by atoms with Crippen LogP contribution in [0.3, 0.4) is 0 Å². The predicted molar refractivity (Wildman–Crippen MR) is 66.3 cm³/mol. The molecular weight excluding hydrogens is 242 g/mol. The molecule has 0 unspecified atom stereocenters. The summed E-state index contributed by atoms with van der Waals surface area (Å²) in [5.74, 6) is 0. The Labute approximate surface area is 103 Å². The number of hydrogen-bond acceptors (Lipinski definition) is 3. The maximum atomic E-state index is 11.0. The third kappa shape index (κ3) is 2.24. The summed E-state index contributed by atoms with van der Waals surface area (Å²) in [7, 11) is 0. The Balaban J connectivity index is 2.47. The van der Waals surface area contributed by atoms with E-state index < -0.39 is 4.92 Å². The van der Waals surface area contributed by atoms with E-state index in [1.54, 1.807) is 36.1 Å². The second kappa shape index (κ2) is 4.47. The van der Waals surface area contributed by atoms with Crippen molar-refractivity contribution in [2.45, 2.75) is 6.92 Å². The molecule has 0 fully saturated rings. The standard InChI is InChI=1S/C11H10ClN3O2/c1-8-9(12)4-5-10(11(8)15(16)17)13-14-6-2-3-7-14/h2-7,13H,1H3. The first-order chi connectivity index (χ1) is 8.09. The quantitative estimate of drug-likeness (QED) is 0.673. The van der Waals surface area contributed by atoms with E-state index in [-0.39, 0.29) is 5.69 Å². The number of rotatable bonds is 3. The van der Waals surface area contributed by atoms with Crippen molar-refractivity contribution in [1.29, 1.82) is 0 Å². The molecule has 88 valence electrons. The van der Waals surface area contributed by atoms with Crippen molar-refractivity contribution >= 4 is 23.0 Å². The van der Waals surface area contributed by atoms with Gasteiger partial charge in [-0.15, -0.1) is 0 Å². The molecule has 0 aliphatic heterocycles. The molecule has 0 bridgehead atoms. The summed E-state index contributed by atoms with van der Waals surface area (Å²) in [6.07, 6.45) is 3.52. The van der Waals surface area contributed by atoms with E-state index >= 15 is 0 Å². The highest BCUT2D eigenvalue weighted by Crippen LogP contribution is 2.33. The second-order valence-electron chi connectivity index (χ2n) is 3.53. The second-order valence-corrected chi connectivity index (χ2v) is 3.93. The molecule has 2 aromatic rings. The van der Waals surface area contributed by atoms with Gasteiger partial charge in [0.2, 0.25) is 0 Å². The number of nitro groups is 1. The Kier molecular flexibility index (Phi) is 3.01. The van der Waals surface area contributed by atoms with Crippen LogP contribution in [0.15, 0.2) is 36.7 Å². The number of halogens is 1. The van der Waals surface area contributed by atoms with E-state index in [1.165, 1.54) is 0 Å². The van der Waals surface area contributed by atoms with Gasteiger partial charge in [0.25, 0.3) is 5.69 Å². The highest BCUT2D eigenvalue weighted by atomic mass is 35.5. The summed E-state index contributed by atoms with van der Waals surface area (Å²) in [5, 5.41) is 11.4. The monoisotopic (exact) mass is 251 g/mol. The van der Waals surface area contributed by atoms with E-state index in [9.17, 15) is 10.1 Å². The fourth-order valence-electron chi connectivity index (χ4n) is 1.55. The van der Waals surface area contributed by atoms with Crippen LogP contribution in [0.1, 0.15) is 5.56 Å². The van der Waals surface area contributed by atoms with Gasteiger partial charge in [-0.2, -0.15) is 0 Å². The van der Waals surface area contributed by atoms with Crippen LogP contribution in [0, 0.1) is 17.0 Å². The van der Waals surface area contributed by atoms with Gasteiger partial charge >= 0.3 is 0 Å². The lowest BCUT2D eigenvalue weighted by Gasteiger charge is -2.10.